The molecule has 2 atom stereocenters. The number of fused-ring (bicyclic) bond motifs is 1. The van der Waals surface area contributed by atoms with E-state index >= 15 is 0 Å². The van der Waals surface area contributed by atoms with Crippen LogP contribution >= 0.6 is 0 Å². The number of halogens is 1. The molecule has 164 valence electrons. The highest BCUT2D eigenvalue weighted by atomic mass is 19.1. The Morgan fingerprint density at radius 1 is 1.25 bits per heavy atom. The summed E-state index contributed by atoms with van der Waals surface area (Å²) in [6.07, 6.45) is 2.26. The summed E-state index contributed by atoms with van der Waals surface area (Å²) in [6, 6.07) is 11.9. The zero-order valence-electron chi connectivity index (χ0n) is 17.7. The van der Waals surface area contributed by atoms with E-state index in [9.17, 15) is 14.0 Å². The number of nitrogens with one attached hydrogen (secondary N) is 2. The Bertz CT molecular complexity index is 1180. The van der Waals surface area contributed by atoms with Crippen molar-refractivity contribution in [2.75, 3.05) is 25.5 Å². The molecule has 0 aliphatic carbocycles. The fraction of sp³-hybridized carbons (Fsp3) is 0.250. The first-order valence-electron chi connectivity index (χ1n) is 10.4. The molecular formula is C24H24FN5O2. The fourth-order valence-corrected chi connectivity index (χ4v) is 3.78. The SMILES string of the molecule is C=CC(=O)Nc1ccnc2ccc(-c3cccc(C(=O)N[C@@H]4CCN(C)C[C@@H]4F)n3)cc12. The van der Waals surface area contributed by atoms with Gasteiger partial charge in [0.1, 0.15) is 11.9 Å². The van der Waals surface area contributed by atoms with Crippen LogP contribution in [0.15, 0.2) is 61.3 Å². The molecule has 1 aliphatic rings. The second-order valence-electron chi connectivity index (χ2n) is 7.84. The van der Waals surface area contributed by atoms with Crippen LogP contribution in [0.4, 0.5) is 10.1 Å². The first kappa shape index (κ1) is 21.6. The summed E-state index contributed by atoms with van der Waals surface area (Å²) >= 11 is 0. The standard InChI is InChI=1S/C24H24FN5O2/c1-3-23(31)28-20-9-11-26-19-8-7-15(13-16(19)20)18-5-4-6-22(27-18)24(32)29-21-10-12-30(2)14-17(21)25/h3-9,11,13,17,21H,1,10,12,14H2,2H3,(H,29,32)(H,26,28,31)/t17-,21+/m0/s1. The molecule has 0 bridgehead atoms. The van der Waals surface area contributed by atoms with Crippen LogP contribution in [0, 0.1) is 0 Å². The average molecular weight is 433 g/mol. The van der Waals surface area contributed by atoms with Crippen molar-refractivity contribution < 1.29 is 14.0 Å². The molecule has 2 aromatic heterocycles. The van der Waals surface area contributed by atoms with Crippen LogP contribution in [0.3, 0.4) is 0 Å². The first-order chi connectivity index (χ1) is 15.4. The molecule has 0 spiro atoms. The van der Waals surface area contributed by atoms with Crippen LogP contribution in [0.25, 0.3) is 22.2 Å². The smallest absolute Gasteiger partial charge is 0.270 e. The van der Waals surface area contributed by atoms with Gasteiger partial charge in [0.25, 0.3) is 5.91 Å². The van der Waals surface area contributed by atoms with E-state index in [4.69, 9.17) is 0 Å². The van der Waals surface area contributed by atoms with Crippen LogP contribution < -0.4 is 10.6 Å². The van der Waals surface area contributed by atoms with Gasteiger partial charge in [0.15, 0.2) is 0 Å². The highest BCUT2D eigenvalue weighted by molar-refractivity contribution is 6.05. The summed E-state index contributed by atoms with van der Waals surface area (Å²) in [4.78, 5) is 35.2. The van der Waals surface area contributed by atoms with Gasteiger partial charge in [-0.3, -0.25) is 14.6 Å². The van der Waals surface area contributed by atoms with Gasteiger partial charge in [0, 0.05) is 30.2 Å². The number of carbonyl (C=O) groups excluding carboxylic acids is 2. The van der Waals surface area contributed by atoms with E-state index < -0.39 is 18.1 Å². The quantitative estimate of drug-likeness (QED) is 0.604. The number of amides is 2. The van der Waals surface area contributed by atoms with E-state index in [1.165, 1.54) is 6.08 Å². The van der Waals surface area contributed by atoms with Gasteiger partial charge in [0.2, 0.25) is 5.91 Å². The van der Waals surface area contributed by atoms with Gasteiger partial charge >= 0.3 is 0 Å². The van der Waals surface area contributed by atoms with Crippen LogP contribution in [0.5, 0.6) is 0 Å². The summed E-state index contributed by atoms with van der Waals surface area (Å²) in [5, 5.41) is 6.30. The molecule has 2 amide bonds. The Morgan fingerprint density at radius 3 is 2.88 bits per heavy atom. The minimum atomic E-state index is -1.11. The maximum atomic E-state index is 14.3. The van der Waals surface area contributed by atoms with Crippen LogP contribution in [-0.2, 0) is 4.79 Å². The molecular weight excluding hydrogens is 409 g/mol. The number of hydrogen-bond acceptors (Lipinski definition) is 5. The van der Waals surface area contributed by atoms with E-state index in [1.54, 1.807) is 30.5 Å². The van der Waals surface area contributed by atoms with Gasteiger partial charge in [-0.2, -0.15) is 0 Å². The topological polar surface area (TPSA) is 87.2 Å². The van der Waals surface area contributed by atoms with E-state index in [1.807, 2.05) is 30.1 Å². The van der Waals surface area contributed by atoms with Crippen molar-refractivity contribution in [3.05, 3.63) is 67.0 Å². The molecule has 4 rings (SSSR count). The minimum Gasteiger partial charge on any atom is -0.345 e. The molecule has 7 nitrogen and oxygen atoms in total. The van der Waals surface area contributed by atoms with Crippen molar-refractivity contribution in [3.63, 3.8) is 0 Å². The van der Waals surface area contributed by atoms with E-state index in [0.29, 0.717) is 29.9 Å². The molecule has 2 N–H and O–H groups in total. The molecule has 0 unspecified atom stereocenters. The lowest BCUT2D eigenvalue weighted by molar-refractivity contribution is -0.111. The third kappa shape index (κ3) is 4.65. The normalized spacial score (nSPS) is 18.8. The third-order valence-electron chi connectivity index (χ3n) is 5.52. The van der Waals surface area contributed by atoms with Gasteiger partial charge in [-0.05, 0) is 49.9 Å². The highest BCUT2D eigenvalue weighted by Crippen LogP contribution is 2.27. The molecule has 8 heteroatoms. The number of aromatic nitrogens is 2. The number of nitrogens with zero attached hydrogens (tertiary/aromatic N) is 3. The monoisotopic (exact) mass is 433 g/mol. The van der Waals surface area contributed by atoms with Crippen molar-refractivity contribution in [1.82, 2.24) is 20.2 Å². The highest BCUT2D eigenvalue weighted by Gasteiger charge is 2.29. The summed E-state index contributed by atoms with van der Waals surface area (Å²) < 4.78 is 14.3. The zero-order valence-corrected chi connectivity index (χ0v) is 17.7. The number of likely N-dealkylation sites (tertiary alicyclic amines) is 1. The third-order valence-corrected chi connectivity index (χ3v) is 5.52. The predicted octanol–water partition coefficient (Wildman–Crippen LogP) is 3.19. The van der Waals surface area contributed by atoms with Gasteiger partial charge in [-0.15, -0.1) is 0 Å². The number of hydrogen-bond donors (Lipinski definition) is 2. The molecule has 1 aliphatic heterocycles. The molecule has 3 heterocycles. The van der Waals surface area contributed by atoms with Gasteiger partial charge in [0.05, 0.1) is 22.9 Å². The summed E-state index contributed by atoms with van der Waals surface area (Å²) in [7, 11) is 1.86. The van der Waals surface area contributed by atoms with Crippen LogP contribution in [0.2, 0.25) is 0 Å². The second-order valence-corrected chi connectivity index (χ2v) is 7.84. The van der Waals surface area contributed by atoms with E-state index in [2.05, 4.69) is 27.2 Å². The summed E-state index contributed by atoms with van der Waals surface area (Å²) in [5.74, 6) is -0.717. The minimum absolute atomic E-state index is 0.222. The molecule has 1 aromatic carbocycles. The number of anilines is 1. The lowest BCUT2D eigenvalue weighted by Gasteiger charge is -2.32. The number of carbonyl (C=O) groups is 2. The predicted molar refractivity (Wildman–Crippen MR) is 122 cm³/mol. The van der Waals surface area contributed by atoms with Crippen LogP contribution in [-0.4, -0.2) is 59.0 Å². The van der Waals surface area contributed by atoms with Crippen molar-refractivity contribution in [2.45, 2.75) is 18.6 Å². The largest absolute Gasteiger partial charge is 0.345 e. The molecule has 0 radical (unpaired) electrons. The summed E-state index contributed by atoms with van der Waals surface area (Å²) in [6.45, 7) is 4.51. The molecule has 3 aromatic rings. The maximum Gasteiger partial charge on any atom is 0.270 e. The molecule has 1 fully saturated rings. The number of alkyl halides is 1. The Labute approximate surface area is 185 Å². The Hall–Kier alpha value is -3.65. The van der Waals surface area contributed by atoms with Crippen molar-refractivity contribution in [2.24, 2.45) is 0 Å². The van der Waals surface area contributed by atoms with Crippen LogP contribution in [0.1, 0.15) is 16.9 Å². The Kier molecular flexibility index (Phi) is 6.23. The number of benzene rings is 1. The summed E-state index contributed by atoms with van der Waals surface area (Å²) in [5.41, 5.74) is 2.88. The lowest BCUT2D eigenvalue weighted by Crippen LogP contribution is -2.51. The average Bonchev–Trinajstić information content (AvgIpc) is 2.80. The maximum absolute atomic E-state index is 14.3. The number of piperidine rings is 1. The van der Waals surface area contributed by atoms with Gasteiger partial charge in [-0.1, -0.05) is 18.7 Å². The molecule has 1 saturated heterocycles. The first-order valence-corrected chi connectivity index (χ1v) is 10.4. The van der Waals surface area contributed by atoms with Crippen molar-refractivity contribution in [3.8, 4) is 11.3 Å². The number of rotatable bonds is 5. The zero-order chi connectivity index (χ0) is 22.7. The van der Waals surface area contributed by atoms with Crippen molar-refractivity contribution in [1.29, 1.82) is 0 Å². The second kappa shape index (κ2) is 9.23. The Balaban J connectivity index is 1.60. The lowest BCUT2D eigenvalue weighted by atomic mass is 10.0. The fourth-order valence-electron chi connectivity index (χ4n) is 3.78. The Morgan fingerprint density at radius 2 is 2.09 bits per heavy atom. The van der Waals surface area contributed by atoms with Gasteiger partial charge < -0.3 is 15.5 Å². The number of pyridine rings is 2. The molecule has 32 heavy (non-hydrogen) atoms. The van der Waals surface area contributed by atoms with E-state index in [0.717, 1.165) is 17.5 Å². The molecule has 0 saturated carbocycles. The van der Waals surface area contributed by atoms with E-state index in [-0.39, 0.29) is 11.6 Å². The van der Waals surface area contributed by atoms with Crippen molar-refractivity contribution >= 4 is 28.4 Å². The van der Waals surface area contributed by atoms with Gasteiger partial charge in [-0.25, -0.2) is 9.37 Å².